The topological polar surface area (TPSA) is 91.4 Å². The second-order valence-electron chi connectivity index (χ2n) is 6.84. The molecule has 1 atom stereocenters. The zero-order valence-corrected chi connectivity index (χ0v) is 18.4. The molecule has 4 aromatic rings. The number of methoxy groups -OCH3 is 2. The molecule has 0 bridgehead atoms. The van der Waals surface area contributed by atoms with Crippen molar-refractivity contribution in [3.8, 4) is 23.1 Å². The highest BCUT2D eigenvalue weighted by molar-refractivity contribution is 8.00. The molecule has 31 heavy (non-hydrogen) atoms. The molecule has 0 saturated carbocycles. The van der Waals surface area contributed by atoms with Crippen LogP contribution in [0.1, 0.15) is 6.92 Å². The lowest BCUT2D eigenvalue weighted by Crippen LogP contribution is -2.22. The number of nitrogens with zero attached hydrogens (tertiary/aromatic N) is 3. The smallest absolute Gasteiger partial charge is 0.277 e. The maximum atomic E-state index is 12.6. The van der Waals surface area contributed by atoms with Crippen LogP contribution in [-0.2, 0) is 11.8 Å². The Kier molecular flexibility index (Phi) is 5.85. The summed E-state index contributed by atoms with van der Waals surface area (Å²) in [6, 6.07) is 15.2. The molecule has 9 heteroatoms. The highest BCUT2D eigenvalue weighted by Gasteiger charge is 2.20. The van der Waals surface area contributed by atoms with Gasteiger partial charge in [-0.05, 0) is 31.2 Å². The fourth-order valence-electron chi connectivity index (χ4n) is 3.22. The van der Waals surface area contributed by atoms with E-state index in [9.17, 15) is 4.79 Å². The van der Waals surface area contributed by atoms with Crippen LogP contribution in [0, 0.1) is 0 Å². The first-order valence-electron chi connectivity index (χ1n) is 9.58. The number of hydrogen-bond acceptors (Lipinski definition) is 7. The average molecular weight is 439 g/mol. The summed E-state index contributed by atoms with van der Waals surface area (Å²) in [5, 5.41) is 12.1. The summed E-state index contributed by atoms with van der Waals surface area (Å²) in [6.45, 7) is 1.78. The summed E-state index contributed by atoms with van der Waals surface area (Å²) in [6.07, 6.45) is 0. The first-order valence-corrected chi connectivity index (χ1v) is 10.5. The Morgan fingerprint density at radius 1 is 1.10 bits per heavy atom. The lowest BCUT2D eigenvalue weighted by atomic mass is 10.2. The summed E-state index contributed by atoms with van der Waals surface area (Å²) >= 11 is 1.20. The molecule has 160 valence electrons. The van der Waals surface area contributed by atoms with Gasteiger partial charge in [0.25, 0.3) is 11.1 Å². The van der Waals surface area contributed by atoms with Crippen molar-refractivity contribution in [2.75, 3.05) is 19.5 Å². The number of carbonyl (C=O) groups is 1. The van der Waals surface area contributed by atoms with Gasteiger partial charge < -0.3 is 23.8 Å². The normalized spacial score (nSPS) is 12.0. The monoisotopic (exact) mass is 438 g/mol. The van der Waals surface area contributed by atoms with E-state index in [2.05, 4.69) is 15.5 Å². The lowest BCUT2D eigenvalue weighted by Gasteiger charge is -2.12. The van der Waals surface area contributed by atoms with E-state index in [1.54, 1.807) is 39.3 Å². The summed E-state index contributed by atoms with van der Waals surface area (Å²) in [4.78, 5) is 12.6. The van der Waals surface area contributed by atoms with Gasteiger partial charge in [0, 0.05) is 29.7 Å². The minimum Gasteiger partial charge on any atom is -0.493 e. The number of amides is 1. The van der Waals surface area contributed by atoms with Crippen LogP contribution in [0.3, 0.4) is 0 Å². The Balaban J connectivity index is 1.45. The van der Waals surface area contributed by atoms with Gasteiger partial charge in [-0.25, -0.2) is 0 Å². The second kappa shape index (κ2) is 8.73. The Labute approximate surface area is 183 Å². The Bertz CT molecular complexity index is 1230. The van der Waals surface area contributed by atoms with Gasteiger partial charge in [-0.3, -0.25) is 4.79 Å². The SMILES string of the molecule is COc1ccc(NC(=O)C(C)Sc2nnc(-c3cc4ccccc4n3C)o2)cc1OC. The van der Waals surface area contributed by atoms with Crippen LogP contribution in [0.5, 0.6) is 11.5 Å². The predicted octanol–water partition coefficient (Wildman–Crippen LogP) is 4.36. The molecule has 1 unspecified atom stereocenters. The fraction of sp³-hybridized carbons (Fsp3) is 0.227. The van der Waals surface area contributed by atoms with Crippen LogP contribution >= 0.6 is 11.8 Å². The first kappa shape index (κ1) is 20.8. The number of fused-ring (bicyclic) bond motifs is 1. The number of anilines is 1. The van der Waals surface area contributed by atoms with Crippen molar-refractivity contribution in [2.24, 2.45) is 7.05 Å². The Morgan fingerprint density at radius 2 is 1.87 bits per heavy atom. The zero-order valence-electron chi connectivity index (χ0n) is 17.6. The predicted molar refractivity (Wildman–Crippen MR) is 120 cm³/mol. The number of para-hydroxylation sites is 1. The third-order valence-electron chi connectivity index (χ3n) is 4.88. The van der Waals surface area contributed by atoms with Crippen LogP contribution in [0.4, 0.5) is 5.69 Å². The van der Waals surface area contributed by atoms with Crippen molar-refractivity contribution >= 4 is 34.3 Å². The Hall–Kier alpha value is -3.46. The number of ether oxygens (including phenoxy) is 2. The van der Waals surface area contributed by atoms with Gasteiger partial charge in [0.2, 0.25) is 5.91 Å². The minimum atomic E-state index is -0.450. The van der Waals surface area contributed by atoms with Crippen molar-refractivity contribution in [1.29, 1.82) is 0 Å². The molecule has 0 radical (unpaired) electrons. The fourth-order valence-corrected chi connectivity index (χ4v) is 3.90. The summed E-state index contributed by atoms with van der Waals surface area (Å²) in [5.41, 5.74) is 2.51. The van der Waals surface area contributed by atoms with E-state index in [0.29, 0.717) is 28.3 Å². The molecule has 0 spiro atoms. The maximum Gasteiger partial charge on any atom is 0.277 e. The standard InChI is InChI=1S/C22H22N4O4S/c1-13(20(27)23-15-9-10-18(28-3)19(12-15)29-4)31-22-25-24-21(30-22)17-11-14-7-5-6-8-16(14)26(17)2/h5-13H,1-4H3,(H,23,27). The molecule has 0 fully saturated rings. The zero-order chi connectivity index (χ0) is 22.0. The molecule has 0 aliphatic carbocycles. The number of rotatable bonds is 7. The molecule has 1 amide bonds. The van der Waals surface area contributed by atoms with E-state index in [4.69, 9.17) is 13.9 Å². The average Bonchev–Trinajstić information content (AvgIpc) is 3.38. The van der Waals surface area contributed by atoms with E-state index in [1.807, 2.05) is 41.9 Å². The van der Waals surface area contributed by atoms with E-state index in [1.165, 1.54) is 11.8 Å². The van der Waals surface area contributed by atoms with E-state index in [0.717, 1.165) is 16.6 Å². The highest BCUT2D eigenvalue weighted by atomic mass is 32.2. The molecule has 2 aromatic heterocycles. The van der Waals surface area contributed by atoms with Crippen molar-refractivity contribution < 1.29 is 18.7 Å². The molecular weight excluding hydrogens is 416 g/mol. The van der Waals surface area contributed by atoms with Gasteiger partial charge in [-0.2, -0.15) is 0 Å². The summed E-state index contributed by atoms with van der Waals surface area (Å²) in [5.74, 6) is 1.35. The van der Waals surface area contributed by atoms with Crippen molar-refractivity contribution in [3.63, 3.8) is 0 Å². The third-order valence-corrected chi connectivity index (χ3v) is 5.81. The Morgan fingerprint density at radius 3 is 2.61 bits per heavy atom. The number of hydrogen-bond donors (Lipinski definition) is 1. The molecule has 2 aromatic carbocycles. The highest BCUT2D eigenvalue weighted by Crippen LogP contribution is 2.32. The number of aryl methyl sites for hydroxylation is 1. The lowest BCUT2D eigenvalue weighted by molar-refractivity contribution is -0.115. The number of benzene rings is 2. The number of nitrogens with one attached hydrogen (secondary N) is 1. The molecule has 2 heterocycles. The van der Waals surface area contributed by atoms with Crippen LogP contribution in [0.2, 0.25) is 0 Å². The number of carbonyl (C=O) groups excluding carboxylic acids is 1. The van der Waals surface area contributed by atoms with E-state index >= 15 is 0 Å². The minimum absolute atomic E-state index is 0.193. The summed E-state index contributed by atoms with van der Waals surface area (Å²) in [7, 11) is 5.06. The molecule has 0 aliphatic rings. The van der Waals surface area contributed by atoms with Gasteiger partial charge in [0.05, 0.1) is 19.5 Å². The third kappa shape index (κ3) is 4.22. The van der Waals surface area contributed by atoms with Gasteiger partial charge in [0.1, 0.15) is 5.69 Å². The molecule has 1 N–H and O–H groups in total. The number of aromatic nitrogens is 3. The molecule has 8 nitrogen and oxygen atoms in total. The van der Waals surface area contributed by atoms with Crippen LogP contribution in [0.25, 0.3) is 22.5 Å². The van der Waals surface area contributed by atoms with Crippen molar-refractivity contribution in [2.45, 2.75) is 17.4 Å². The largest absolute Gasteiger partial charge is 0.493 e. The first-order chi connectivity index (χ1) is 15.0. The quantitative estimate of drug-likeness (QED) is 0.429. The van der Waals surface area contributed by atoms with E-state index in [-0.39, 0.29) is 5.91 Å². The van der Waals surface area contributed by atoms with Crippen molar-refractivity contribution in [3.05, 3.63) is 48.5 Å². The molecule has 4 rings (SSSR count). The maximum absolute atomic E-state index is 12.6. The summed E-state index contributed by atoms with van der Waals surface area (Å²) < 4.78 is 18.3. The van der Waals surface area contributed by atoms with Gasteiger partial charge in [-0.1, -0.05) is 30.0 Å². The molecule has 0 aliphatic heterocycles. The second-order valence-corrected chi connectivity index (χ2v) is 8.13. The van der Waals surface area contributed by atoms with Gasteiger partial charge in [0.15, 0.2) is 11.5 Å². The van der Waals surface area contributed by atoms with Crippen LogP contribution < -0.4 is 14.8 Å². The van der Waals surface area contributed by atoms with Gasteiger partial charge >= 0.3 is 0 Å². The van der Waals surface area contributed by atoms with Crippen LogP contribution in [-0.4, -0.2) is 40.1 Å². The number of thioether (sulfide) groups is 1. The van der Waals surface area contributed by atoms with Crippen LogP contribution in [0.15, 0.2) is 58.2 Å². The molecular formula is C22H22N4O4S. The molecule has 0 saturated heterocycles. The van der Waals surface area contributed by atoms with Crippen molar-refractivity contribution in [1.82, 2.24) is 14.8 Å². The van der Waals surface area contributed by atoms with Gasteiger partial charge in [-0.15, -0.1) is 10.2 Å². The van der Waals surface area contributed by atoms with E-state index < -0.39 is 5.25 Å².